The van der Waals surface area contributed by atoms with E-state index in [0.717, 1.165) is 3.57 Å². The summed E-state index contributed by atoms with van der Waals surface area (Å²) in [6, 6.07) is 3.11. The van der Waals surface area contributed by atoms with Crippen LogP contribution in [0.2, 0.25) is 0 Å². The summed E-state index contributed by atoms with van der Waals surface area (Å²) in [6.45, 7) is 0. The Bertz CT molecular complexity index is 178. The van der Waals surface area contributed by atoms with Crippen LogP contribution in [0.1, 0.15) is 0 Å². The maximum Gasteiger partial charge on any atom is 0.214 e. The molecule has 9 heavy (non-hydrogen) atoms. The second-order valence-electron chi connectivity index (χ2n) is 1.43. The molecule has 0 saturated carbocycles. The highest BCUT2D eigenvalue weighted by Crippen LogP contribution is 2.11. The van der Waals surface area contributed by atoms with Gasteiger partial charge in [0.2, 0.25) is 5.95 Å². The van der Waals surface area contributed by atoms with Crippen LogP contribution in [0.25, 0.3) is 0 Å². The molecular formula is C5H2BrFIN. The van der Waals surface area contributed by atoms with Gasteiger partial charge < -0.3 is 0 Å². The predicted molar refractivity (Wildman–Crippen MR) is 44.6 cm³/mol. The van der Waals surface area contributed by atoms with Crippen LogP contribution >= 0.6 is 38.5 Å². The molecule has 0 amide bonds. The summed E-state index contributed by atoms with van der Waals surface area (Å²) in [6.07, 6.45) is 0. The van der Waals surface area contributed by atoms with Gasteiger partial charge in [0.05, 0.1) is 0 Å². The number of halogens is 3. The van der Waals surface area contributed by atoms with E-state index in [-0.39, 0.29) is 0 Å². The fourth-order valence-corrected chi connectivity index (χ4v) is 1.83. The normalized spacial score (nSPS) is 9.67. The summed E-state index contributed by atoms with van der Waals surface area (Å²) < 4.78 is 13.7. The van der Waals surface area contributed by atoms with Crippen molar-refractivity contribution in [3.8, 4) is 0 Å². The summed E-state index contributed by atoms with van der Waals surface area (Å²) in [5.41, 5.74) is 0. The van der Waals surface area contributed by atoms with Crippen LogP contribution in [0.3, 0.4) is 0 Å². The van der Waals surface area contributed by atoms with Gasteiger partial charge in [-0.25, -0.2) is 4.98 Å². The Morgan fingerprint density at radius 1 is 1.56 bits per heavy atom. The van der Waals surface area contributed by atoms with Crippen molar-refractivity contribution in [2.75, 3.05) is 0 Å². The minimum atomic E-state index is -0.450. The zero-order valence-corrected chi connectivity index (χ0v) is 7.98. The molecule has 0 aliphatic carbocycles. The van der Waals surface area contributed by atoms with Crippen LogP contribution in [0.5, 0.6) is 0 Å². The molecule has 0 radical (unpaired) electrons. The Labute approximate surface area is 73.9 Å². The molecular weight excluding hydrogens is 300 g/mol. The average molecular weight is 302 g/mol. The topological polar surface area (TPSA) is 12.9 Å². The van der Waals surface area contributed by atoms with Gasteiger partial charge in [0, 0.05) is 9.64 Å². The molecule has 4 heteroatoms. The van der Waals surface area contributed by atoms with Crippen LogP contribution in [0.4, 0.5) is 4.39 Å². The van der Waals surface area contributed by atoms with E-state index >= 15 is 0 Å². The van der Waals surface area contributed by atoms with E-state index in [2.05, 4.69) is 20.9 Å². The molecule has 1 aromatic heterocycles. The van der Waals surface area contributed by atoms with Crippen LogP contribution < -0.4 is 0 Å². The quantitative estimate of drug-likeness (QED) is 0.530. The largest absolute Gasteiger partial charge is 0.214 e. The van der Waals surface area contributed by atoms with Crippen LogP contribution in [0.15, 0.2) is 16.7 Å². The number of aromatic nitrogens is 1. The lowest BCUT2D eigenvalue weighted by atomic mass is 10.5. The van der Waals surface area contributed by atoms with Crippen molar-refractivity contribution in [3.05, 3.63) is 26.3 Å². The third-order valence-electron chi connectivity index (χ3n) is 0.728. The number of pyridine rings is 1. The summed E-state index contributed by atoms with van der Waals surface area (Å²) in [5.74, 6) is -0.450. The highest BCUT2D eigenvalue weighted by atomic mass is 127. The predicted octanol–water partition coefficient (Wildman–Crippen LogP) is 2.59. The molecule has 0 atom stereocenters. The Kier molecular flexibility index (Phi) is 2.40. The van der Waals surface area contributed by atoms with Crippen molar-refractivity contribution >= 4 is 38.5 Å². The molecule has 1 heterocycles. The molecule has 0 saturated heterocycles. The van der Waals surface area contributed by atoms with Gasteiger partial charge in [0.25, 0.3) is 0 Å². The standard InChI is InChI=1S/C5H2BrFIN/c6-4-1-3(8)2-5(7)9-4/h1-2H. The molecule has 0 aliphatic rings. The molecule has 0 aromatic carbocycles. The molecule has 48 valence electrons. The molecule has 0 spiro atoms. The van der Waals surface area contributed by atoms with Crippen molar-refractivity contribution in [2.45, 2.75) is 0 Å². The zero-order chi connectivity index (χ0) is 6.85. The monoisotopic (exact) mass is 301 g/mol. The van der Waals surface area contributed by atoms with Crippen molar-refractivity contribution in [1.82, 2.24) is 4.98 Å². The van der Waals surface area contributed by atoms with Gasteiger partial charge in [-0.3, -0.25) is 0 Å². The number of hydrogen-bond donors (Lipinski definition) is 0. The maximum atomic E-state index is 12.3. The highest BCUT2D eigenvalue weighted by Gasteiger charge is 1.94. The van der Waals surface area contributed by atoms with E-state index in [9.17, 15) is 4.39 Å². The Balaban J connectivity index is 3.17. The summed E-state index contributed by atoms with van der Waals surface area (Å²) in [5, 5.41) is 0. The van der Waals surface area contributed by atoms with Crippen LogP contribution in [-0.4, -0.2) is 4.98 Å². The highest BCUT2D eigenvalue weighted by molar-refractivity contribution is 14.1. The first-order chi connectivity index (χ1) is 4.18. The maximum absolute atomic E-state index is 12.3. The Hall–Kier alpha value is 0.290. The lowest BCUT2D eigenvalue weighted by molar-refractivity contribution is 0.580. The van der Waals surface area contributed by atoms with Crippen molar-refractivity contribution in [2.24, 2.45) is 0 Å². The summed E-state index contributed by atoms with van der Waals surface area (Å²) in [7, 11) is 0. The molecule has 0 unspecified atom stereocenters. The van der Waals surface area contributed by atoms with E-state index in [1.165, 1.54) is 6.07 Å². The molecule has 1 aromatic rings. The van der Waals surface area contributed by atoms with Crippen molar-refractivity contribution in [3.63, 3.8) is 0 Å². The van der Waals surface area contributed by atoms with Gasteiger partial charge in [-0.05, 0) is 44.6 Å². The van der Waals surface area contributed by atoms with Gasteiger partial charge in [0.1, 0.15) is 4.60 Å². The molecule has 0 fully saturated rings. The van der Waals surface area contributed by atoms with E-state index in [1.807, 2.05) is 22.6 Å². The summed E-state index contributed by atoms with van der Waals surface area (Å²) >= 11 is 5.08. The summed E-state index contributed by atoms with van der Waals surface area (Å²) in [4.78, 5) is 3.48. The molecule has 1 nitrogen and oxygen atoms in total. The zero-order valence-electron chi connectivity index (χ0n) is 4.24. The SMILES string of the molecule is Fc1cc(I)cc(Br)n1. The van der Waals surface area contributed by atoms with E-state index in [4.69, 9.17) is 0 Å². The van der Waals surface area contributed by atoms with Crippen molar-refractivity contribution < 1.29 is 4.39 Å². The van der Waals surface area contributed by atoms with Gasteiger partial charge in [0.15, 0.2) is 0 Å². The Morgan fingerprint density at radius 3 is 2.67 bits per heavy atom. The second-order valence-corrected chi connectivity index (χ2v) is 3.49. The van der Waals surface area contributed by atoms with Crippen molar-refractivity contribution in [1.29, 1.82) is 0 Å². The van der Waals surface area contributed by atoms with Crippen LogP contribution in [0, 0.1) is 9.52 Å². The number of rotatable bonds is 0. The average Bonchev–Trinajstić information content (AvgIpc) is 1.59. The lowest BCUT2D eigenvalue weighted by Crippen LogP contribution is -1.83. The first kappa shape index (κ1) is 7.40. The molecule has 1 rings (SSSR count). The lowest BCUT2D eigenvalue weighted by Gasteiger charge is -1.90. The fraction of sp³-hybridized carbons (Fsp3) is 0. The third-order valence-corrected chi connectivity index (χ3v) is 1.76. The van der Waals surface area contributed by atoms with Gasteiger partial charge in [-0.2, -0.15) is 4.39 Å². The fourth-order valence-electron chi connectivity index (χ4n) is 0.436. The van der Waals surface area contributed by atoms with Gasteiger partial charge in [-0.15, -0.1) is 0 Å². The Morgan fingerprint density at radius 2 is 2.22 bits per heavy atom. The first-order valence-corrected chi connectivity index (χ1v) is 4.04. The molecule has 0 N–H and O–H groups in total. The smallest absolute Gasteiger partial charge is 0.213 e. The van der Waals surface area contributed by atoms with Crippen LogP contribution in [-0.2, 0) is 0 Å². The first-order valence-electron chi connectivity index (χ1n) is 2.17. The molecule has 0 aliphatic heterocycles. The molecule has 0 bridgehead atoms. The minimum Gasteiger partial charge on any atom is -0.213 e. The van der Waals surface area contributed by atoms with E-state index < -0.39 is 5.95 Å². The minimum absolute atomic E-state index is 0.450. The van der Waals surface area contributed by atoms with Gasteiger partial charge >= 0.3 is 0 Å². The third kappa shape index (κ3) is 2.17. The number of hydrogen-bond acceptors (Lipinski definition) is 1. The van der Waals surface area contributed by atoms with Gasteiger partial charge in [-0.1, -0.05) is 0 Å². The number of nitrogens with zero attached hydrogens (tertiary/aromatic N) is 1. The van der Waals surface area contributed by atoms with E-state index in [0.29, 0.717) is 4.60 Å². The van der Waals surface area contributed by atoms with E-state index in [1.54, 1.807) is 6.07 Å². The second kappa shape index (κ2) is 2.92.